The van der Waals surface area contributed by atoms with E-state index in [0.717, 1.165) is 17.9 Å². The number of hydrogen-bond donors (Lipinski definition) is 1. The molecule has 0 spiro atoms. The van der Waals surface area contributed by atoms with Crippen LogP contribution in [0.1, 0.15) is 12.8 Å². The predicted molar refractivity (Wildman–Crippen MR) is 47.9 cm³/mol. The van der Waals surface area contributed by atoms with Gasteiger partial charge in [0, 0.05) is 17.3 Å². The first-order valence-electron chi connectivity index (χ1n) is 4.08. The van der Waals surface area contributed by atoms with E-state index in [1.807, 2.05) is 0 Å². The first-order valence-corrected chi connectivity index (χ1v) is 5.23. The van der Waals surface area contributed by atoms with Crippen molar-refractivity contribution in [1.29, 1.82) is 0 Å². The number of aliphatic hydroxyl groups is 1. The van der Waals surface area contributed by atoms with Crippen molar-refractivity contribution in [3.63, 3.8) is 0 Å². The smallest absolute Gasteiger partial charge is 0.204 e. The molecule has 4 nitrogen and oxygen atoms in total. The van der Waals surface area contributed by atoms with Crippen molar-refractivity contribution >= 4 is 11.8 Å². The minimum absolute atomic E-state index is 0.0116. The van der Waals surface area contributed by atoms with E-state index in [0.29, 0.717) is 6.42 Å². The van der Waals surface area contributed by atoms with Gasteiger partial charge in [-0.2, -0.15) is 11.8 Å². The third kappa shape index (κ3) is 2.98. The van der Waals surface area contributed by atoms with Crippen molar-refractivity contribution in [1.82, 2.24) is 0 Å². The molecule has 1 rings (SSSR count). The van der Waals surface area contributed by atoms with Crippen LogP contribution in [0.5, 0.6) is 0 Å². The van der Waals surface area contributed by atoms with Crippen LogP contribution in [0.4, 0.5) is 0 Å². The summed E-state index contributed by atoms with van der Waals surface area (Å²) in [6, 6.07) is 0. The molecule has 70 valence electrons. The van der Waals surface area contributed by atoms with Crippen molar-refractivity contribution in [2.24, 2.45) is 5.92 Å². The van der Waals surface area contributed by atoms with Gasteiger partial charge in [0.2, 0.25) is 6.54 Å². The van der Waals surface area contributed by atoms with Crippen LogP contribution < -0.4 is 0 Å². The summed E-state index contributed by atoms with van der Waals surface area (Å²) in [5.41, 5.74) is 0. The molecule has 1 saturated heterocycles. The third-order valence-electron chi connectivity index (χ3n) is 2.12. The Morgan fingerprint density at radius 1 is 1.67 bits per heavy atom. The largest absolute Gasteiger partial charge is 0.393 e. The van der Waals surface area contributed by atoms with E-state index in [1.165, 1.54) is 0 Å². The first kappa shape index (κ1) is 9.80. The van der Waals surface area contributed by atoms with Gasteiger partial charge in [0.25, 0.3) is 0 Å². The van der Waals surface area contributed by atoms with Gasteiger partial charge in [0.1, 0.15) is 0 Å². The Hall–Kier alpha value is -0.290. The second-order valence-corrected chi connectivity index (χ2v) is 4.19. The Morgan fingerprint density at radius 3 is 3.00 bits per heavy atom. The van der Waals surface area contributed by atoms with Crippen molar-refractivity contribution in [2.45, 2.75) is 18.9 Å². The SMILES string of the molecule is O=[N+]([O-])CCC1CSCC[C@@H]1O. The van der Waals surface area contributed by atoms with Gasteiger partial charge in [-0.1, -0.05) is 0 Å². The minimum Gasteiger partial charge on any atom is -0.393 e. The van der Waals surface area contributed by atoms with Crippen molar-refractivity contribution in [2.75, 3.05) is 18.1 Å². The van der Waals surface area contributed by atoms with Crippen LogP contribution in [0.3, 0.4) is 0 Å². The fourth-order valence-electron chi connectivity index (χ4n) is 1.33. The fraction of sp³-hybridized carbons (Fsp3) is 1.00. The Morgan fingerprint density at radius 2 is 2.42 bits per heavy atom. The Kier molecular flexibility index (Phi) is 3.81. The van der Waals surface area contributed by atoms with Crippen molar-refractivity contribution in [3.05, 3.63) is 10.1 Å². The van der Waals surface area contributed by atoms with Gasteiger partial charge < -0.3 is 5.11 Å². The van der Waals surface area contributed by atoms with Crippen LogP contribution in [0.25, 0.3) is 0 Å². The fourth-order valence-corrected chi connectivity index (χ4v) is 2.60. The van der Waals surface area contributed by atoms with E-state index in [2.05, 4.69) is 0 Å². The van der Waals surface area contributed by atoms with Gasteiger partial charge in [-0.05, 0) is 17.9 Å². The molecule has 2 atom stereocenters. The molecule has 1 aliphatic rings. The van der Waals surface area contributed by atoms with Crippen LogP contribution in [-0.4, -0.2) is 34.2 Å². The Balaban J connectivity index is 2.24. The molecule has 0 aromatic heterocycles. The summed E-state index contributed by atoms with van der Waals surface area (Å²) in [7, 11) is 0. The lowest BCUT2D eigenvalue weighted by Gasteiger charge is -2.25. The summed E-state index contributed by atoms with van der Waals surface area (Å²) in [4.78, 5) is 9.75. The monoisotopic (exact) mass is 191 g/mol. The van der Waals surface area contributed by atoms with Crippen LogP contribution in [-0.2, 0) is 0 Å². The zero-order valence-electron chi connectivity index (χ0n) is 6.81. The Bertz CT molecular complexity index is 165. The molecule has 0 radical (unpaired) electrons. The van der Waals surface area contributed by atoms with Crippen LogP contribution in [0.2, 0.25) is 0 Å². The van der Waals surface area contributed by atoms with Gasteiger partial charge in [-0.25, -0.2) is 0 Å². The molecular weight excluding hydrogens is 178 g/mol. The molecule has 1 fully saturated rings. The maximum Gasteiger partial charge on any atom is 0.204 e. The molecule has 1 aliphatic heterocycles. The van der Waals surface area contributed by atoms with Gasteiger partial charge in [0.15, 0.2) is 0 Å². The molecule has 0 aromatic rings. The van der Waals surface area contributed by atoms with E-state index in [-0.39, 0.29) is 23.5 Å². The predicted octanol–water partition coefficient (Wildman–Crippen LogP) is 0.767. The maximum atomic E-state index is 10.1. The van der Waals surface area contributed by atoms with Crippen molar-refractivity contribution < 1.29 is 10.0 Å². The molecule has 0 saturated carbocycles. The number of rotatable bonds is 3. The molecule has 0 amide bonds. The number of nitrogens with zero attached hydrogens (tertiary/aromatic N) is 1. The highest BCUT2D eigenvalue weighted by Gasteiger charge is 2.24. The van der Waals surface area contributed by atoms with E-state index in [1.54, 1.807) is 11.8 Å². The highest BCUT2D eigenvalue weighted by atomic mass is 32.2. The van der Waals surface area contributed by atoms with Gasteiger partial charge >= 0.3 is 0 Å². The molecule has 5 heteroatoms. The molecule has 1 heterocycles. The molecular formula is C7H13NO3S. The second kappa shape index (κ2) is 4.67. The second-order valence-electron chi connectivity index (χ2n) is 3.04. The third-order valence-corrected chi connectivity index (χ3v) is 3.30. The average Bonchev–Trinajstić information content (AvgIpc) is 2.03. The molecule has 1 unspecified atom stereocenters. The summed E-state index contributed by atoms with van der Waals surface area (Å²) >= 11 is 1.78. The molecule has 0 bridgehead atoms. The molecule has 12 heavy (non-hydrogen) atoms. The van der Waals surface area contributed by atoms with Crippen LogP contribution in [0.15, 0.2) is 0 Å². The quantitative estimate of drug-likeness (QED) is 0.528. The lowest BCUT2D eigenvalue weighted by Crippen LogP contribution is -2.29. The highest BCUT2D eigenvalue weighted by Crippen LogP contribution is 2.25. The summed E-state index contributed by atoms with van der Waals surface area (Å²) in [6.45, 7) is -0.0116. The summed E-state index contributed by atoms with van der Waals surface area (Å²) in [5.74, 6) is 1.99. The topological polar surface area (TPSA) is 63.4 Å². The van der Waals surface area contributed by atoms with Crippen LogP contribution in [0, 0.1) is 16.0 Å². The number of thioether (sulfide) groups is 1. The number of aliphatic hydroxyl groups excluding tert-OH is 1. The van der Waals surface area contributed by atoms with E-state index in [4.69, 9.17) is 0 Å². The molecule has 0 aromatic carbocycles. The molecule has 0 aliphatic carbocycles. The first-order chi connectivity index (χ1) is 5.70. The summed E-state index contributed by atoms with van der Waals surface area (Å²) in [5, 5.41) is 19.5. The van der Waals surface area contributed by atoms with E-state index in [9.17, 15) is 15.2 Å². The zero-order chi connectivity index (χ0) is 8.97. The highest BCUT2D eigenvalue weighted by molar-refractivity contribution is 7.99. The normalized spacial score (nSPS) is 30.1. The lowest BCUT2D eigenvalue weighted by molar-refractivity contribution is -0.481. The lowest BCUT2D eigenvalue weighted by atomic mass is 9.98. The number of nitro groups is 1. The van der Waals surface area contributed by atoms with Gasteiger partial charge in [0.05, 0.1) is 6.10 Å². The zero-order valence-corrected chi connectivity index (χ0v) is 7.63. The van der Waals surface area contributed by atoms with Gasteiger partial charge in [-0.15, -0.1) is 0 Å². The summed E-state index contributed by atoms with van der Waals surface area (Å²) < 4.78 is 0. The van der Waals surface area contributed by atoms with Crippen molar-refractivity contribution in [3.8, 4) is 0 Å². The van der Waals surface area contributed by atoms with E-state index < -0.39 is 0 Å². The Labute approximate surface area is 75.5 Å². The molecule has 1 N–H and O–H groups in total. The standard InChI is InChI=1S/C7H13NO3S/c9-7-2-4-12-5-6(7)1-3-8(10)11/h6-7,9H,1-5H2/t6?,7-/m0/s1. The van der Waals surface area contributed by atoms with Gasteiger partial charge in [-0.3, -0.25) is 10.1 Å². The number of hydrogen-bond acceptors (Lipinski definition) is 4. The minimum atomic E-state index is -0.314. The average molecular weight is 191 g/mol. The summed E-state index contributed by atoms with van der Waals surface area (Å²) in [6.07, 6.45) is 0.986. The van der Waals surface area contributed by atoms with Crippen LogP contribution >= 0.6 is 11.8 Å². The maximum absolute atomic E-state index is 10.1. The van der Waals surface area contributed by atoms with E-state index >= 15 is 0 Å².